The van der Waals surface area contributed by atoms with E-state index in [2.05, 4.69) is 91.8 Å². The van der Waals surface area contributed by atoms with Gasteiger partial charge < -0.3 is 19.3 Å². The van der Waals surface area contributed by atoms with Gasteiger partial charge in [0.25, 0.3) is 11.8 Å². The molecule has 0 radical (unpaired) electrons. The van der Waals surface area contributed by atoms with E-state index in [1.54, 1.807) is 16.2 Å². The Labute approximate surface area is 446 Å². The molecule has 3 unspecified atom stereocenters. The van der Waals surface area contributed by atoms with Crippen molar-refractivity contribution in [3.63, 3.8) is 0 Å². The largest absolute Gasteiger partial charge is 0.376 e. The van der Waals surface area contributed by atoms with Crippen LogP contribution in [0.2, 0.25) is 0 Å². The summed E-state index contributed by atoms with van der Waals surface area (Å²) in [6.07, 6.45) is 23.5. The van der Waals surface area contributed by atoms with Crippen LogP contribution < -0.4 is 0 Å². The minimum absolute atomic E-state index is 0.0324. The highest BCUT2D eigenvalue weighted by molar-refractivity contribution is 7.33. The van der Waals surface area contributed by atoms with Gasteiger partial charge in [-0.1, -0.05) is 139 Å². The van der Waals surface area contributed by atoms with Crippen LogP contribution >= 0.6 is 56.7 Å². The van der Waals surface area contributed by atoms with Crippen LogP contribution in [0.25, 0.3) is 44.0 Å². The van der Waals surface area contributed by atoms with E-state index in [-0.39, 0.29) is 34.9 Å². The monoisotopic (exact) mass is 1050 g/mol. The van der Waals surface area contributed by atoms with Crippen LogP contribution in [0.3, 0.4) is 0 Å². The van der Waals surface area contributed by atoms with Gasteiger partial charge in [0.15, 0.2) is 0 Å². The Hall–Kier alpha value is -2.64. The molecule has 3 atom stereocenters. The van der Waals surface area contributed by atoms with E-state index in [1.807, 2.05) is 55.1 Å². The summed E-state index contributed by atoms with van der Waals surface area (Å²) in [6, 6.07) is 14.2. The molecule has 0 N–H and O–H groups in total. The Morgan fingerprint density at radius 1 is 0.577 bits per heavy atom. The SMILES string of the molecule is CCCCCC(C)(c1cc2sc(-c3ccc(-c4cc5sc(C6=C7C(=O)N(CCOC8CCCCC8)C(C(C)(CCC)CCCC)=C7C(=O)N6CCOC6CCCCC6)cc5s4)s3)cc2s1)C(CC)C(C)C. The highest BCUT2D eigenvalue weighted by Gasteiger charge is 2.53. The lowest BCUT2D eigenvalue weighted by molar-refractivity contribution is -0.126. The molecule has 0 saturated heterocycles. The Bertz CT molecular complexity index is 2620. The standard InChI is InChI=1S/C60H82N2O4S5/c1-9-13-21-30-60(8,42(12-4)39(5)6)52-38-50-49(71-52)36-46(69-50)44-27-26-43(67-44)45-35-47-48(68-45)37-51(70-47)55-53-54(58(64)61(55)31-33-65-40-22-17-15-18-23-40)56(59(7,28-11-3)29-14-10-2)62(57(53)63)32-34-66-41-24-19-16-20-25-41/h26-27,35-42H,9-25,28-34H2,1-8H3. The van der Waals surface area contributed by atoms with E-state index >= 15 is 9.59 Å². The van der Waals surface area contributed by atoms with Crippen molar-refractivity contribution < 1.29 is 19.1 Å². The van der Waals surface area contributed by atoms with Gasteiger partial charge in [-0.25, -0.2) is 0 Å². The lowest BCUT2D eigenvalue weighted by Crippen LogP contribution is -2.39. The van der Waals surface area contributed by atoms with Crippen molar-refractivity contribution in [2.24, 2.45) is 17.3 Å². The number of carbonyl (C=O) groups is 2. The molecular formula is C60H82N2O4S5. The quantitative estimate of drug-likeness (QED) is 0.0547. The molecule has 2 saturated carbocycles. The first-order valence-electron chi connectivity index (χ1n) is 28.0. The van der Waals surface area contributed by atoms with Crippen molar-refractivity contribution in [3.05, 3.63) is 63.0 Å². The van der Waals surface area contributed by atoms with Gasteiger partial charge in [0, 0.05) is 72.8 Å². The Morgan fingerprint density at radius 3 is 1.66 bits per heavy atom. The molecule has 2 aliphatic carbocycles. The van der Waals surface area contributed by atoms with E-state index in [1.165, 1.54) is 109 Å². The molecule has 2 amide bonds. The van der Waals surface area contributed by atoms with Crippen molar-refractivity contribution in [1.29, 1.82) is 0 Å². The summed E-state index contributed by atoms with van der Waals surface area (Å²) < 4.78 is 18.3. The number of rotatable bonds is 25. The van der Waals surface area contributed by atoms with Crippen molar-refractivity contribution in [3.8, 4) is 19.5 Å². The van der Waals surface area contributed by atoms with Gasteiger partial charge in [-0.3, -0.25) is 9.59 Å². The van der Waals surface area contributed by atoms with Gasteiger partial charge >= 0.3 is 0 Å². The number of hydrogen-bond acceptors (Lipinski definition) is 9. The van der Waals surface area contributed by atoms with Crippen LogP contribution in [0.5, 0.6) is 0 Å². The third-order valence-corrected chi connectivity index (χ3v) is 23.1. The number of carbonyl (C=O) groups excluding carboxylic acids is 2. The van der Waals surface area contributed by atoms with Gasteiger partial charge in [-0.2, -0.15) is 0 Å². The molecular weight excluding hydrogens is 973 g/mol. The molecule has 0 aromatic carbocycles. The molecule has 2 aliphatic heterocycles. The van der Waals surface area contributed by atoms with E-state index < -0.39 is 0 Å². The number of nitrogens with zero attached hydrogens (tertiary/aromatic N) is 2. The van der Waals surface area contributed by atoms with Crippen LogP contribution in [-0.4, -0.2) is 60.1 Å². The predicted octanol–water partition coefficient (Wildman–Crippen LogP) is 18.5. The first-order valence-corrected chi connectivity index (χ1v) is 32.0. The molecule has 5 aromatic heterocycles. The van der Waals surface area contributed by atoms with Gasteiger partial charge in [0.2, 0.25) is 0 Å². The summed E-state index contributed by atoms with van der Waals surface area (Å²) in [5.41, 5.74) is 2.86. The molecule has 6 nitrogen and oxygen atoms in total. The van der Waals surface area contributed by atoms with Crippen LogP contribution in [-0.2, 0) is 24.5 Å². The number of hydrogen-bond donors (Lipinski definition) is 0. The van der Waals surface area contributed by atoms with Crippen LogP contribution in [0.15, 0.2) is 53.2 Å². The van der Waals surface area contributed by atoms with Crippen molar-refractivity contribution in [2.45, 2.75) is 201 Å². The van der Waals surface area contributed by atoms with Gasteiger partial charge in [-0.05, 0) is 93.2 Å². The summed E-state index contributed by atoms with van der Waals surface area (Å²) in [5.74, 6) is 1.27. The fraction of sp³-hybridized carbons (Fsp3) is 0.633. The van der Waals surface area contributed by atoms with E-state index in [0.717, 1.165) is 74.1 Å². The fourth-order valence-corrected chi connectivity index (χ4v) is 19.3. The summed E-state index contributed by atoms with van der Waals surface area (Å²) in [6.45, 7) is 20.8. The molecule has 71 heavy (non-hydrogen) atoms. The third kappa shape index (κ3) is 11.1. The minimum Gasteiger partial charge on any atom is -0.376 e. The van der Waals surface area contributed by atoms with Gasteiger partial charge in [0.1, 0.15) is 0 Å². The molecule has 11 heteroatoms. The molecule has 4 aliphatic rings. The molecule has 9 rings (SSSR count). The number of allylic oxidation sites excluding steroid dienone is 1. The Kier molecular flexibility index (Phi) is 17.6. The lowest BCUT2D eigenvalue weighted by Gasteiger charge is -2.39. The molecule has 386 valence electrons. The second-order valence-electron chi connectivity index (χ2n) is 22.2. The van der Waals surface area contributed by atoms with E-state index in [9.17, 15) is 0 Å². The highest BCUT2D eigenvalue weighted by atomic mass is 32.1. The van der Waals surface area contributed by atoms with Crippen LogP contribution in [0, 0.1) is 17.3 Å². The lowest BCUT2D eigenvalue weighted by atomic mass is 9.66. The molecule has 7 heterocycles. The van der Waals surface area contributed by atoms with Gasteiger partial charge in [-0.15, -0.1) is 56.7 Å². The number of amides is 2. The maximum atomic E-state index is 15.3. The Morgan fingerprint density at radius 2 is 1.11 bits per heavy atom. The topological polar surface area (TPSA) is 59.1 Å². The molecule has 0 spiro atoms. The summed E-state index contributed by atoms with van der Waals surface area (Å²) in [7, 11) is 0. The van der Waals surface area contributed by atoms with E-state index in [0.29, 0.717) is 49.3 Å². The smallest absolute Gasteiger partial charge is 0.261 e. The number of unbranched alkanes of at least 4 members (excludes halogenated alkanes) is 3. The second-order valence-corrected chi connectivity index (χ2v) is 27.7. The zero-order valence-electron chi connectivity index (χ0n) is 44.3. The summed E-state index contributed by atoms with van der Waals surface area (Å²) in [4.78, 5) is 42.3. The van der Waals surface area contributed by atoms with E-state index in [4.69, 9.17) is 9.47 Å². The minimum atomic E-state index is -0.315. The maximum absolute atomic E-state index is 15.3. The first-order chi connectivity index (χ1) is 34.4. The normalized spacial score (nSPS) is 19.7. The molecule has 0 bridgehead atoms. The first kappa shape index (κ1) is 53.2. The number of thiophene rings is 5. The molecule has 2 fully saturated rings. The Balaban J connectivity index is 1.02. The average Bonchev–Trinajstić information content (AvgIpc) is 4.24. The van der Waals surface area contributed by atoms with Crippen LogP contribution in [0.4, 0.5) is 0 Å². The van der Waals surface area contributed by atoms with Crippen molar-refractivity contribution in [1.82, 2.24) is 9.80 Å². The number of fused-ring (bicyclic) bond motifs is 3. The zero-order chi connectivity index (χ0) is 49.9. The zero-order valence-corrected chi connectivity index (χ0v) is 48.4. The van der Waals surface area contributed by atoms with Crippen LogP contribution in [0.1, 0.15) is 194 Å². The number of ether oxygens (including phenoxy) is 2. The predicted molar refractivity (Wildman–Crippen MR) is 307 cm³/mol. The highest BCUT2D eigenvalue weighted by Crippen LogP contribution is 2.54. The maximum Gasteiger partial charge on any atom is 0.261 e. The molecule has 5 aromatic rings. The van der Waals surface area contributed by atoms with Gasteiger partial charge in [0.05, 0.1) is 47.1 Å². The second kappa shape index (κ2) is 23.5. The third-order valence-electron chi connectivity index (χ3n) is 16.7. The average molecular weight is 1060 g/mol. The van der Waals surface area contributed by atoms with Crippen molar-refractivity contribution in [2.75, 3.05) is 26.3 Å². The summed E-state index contributed by atoms with van der Waals surface area (Å²) >= 11 is 9.44. The fourth-order valence-electron chi connectivity index (χ4n) is 13.1. The van der Waals surface area contributed by atoms with Crippen molar-refractivity contribution >= 4 is 93.0 Å². The summed E-state index contributed by atoms with van der Waals surface area (Å²) in [5, 5.41) is 0.